The van der Waals surface area contributed by atoms with Crippen molar-refractivity contribution >= 4 is 18.5 Å². The van der Waals surface area contributed by atoms with E-state index in [1.807, 2.05) is 13.8 Å². The van der Waals surface area contributed by atoms with Crippen molar-refractivity contribution in [1.29, 1.82) is 0 Å². The zero-order valence-corrected chi connectivity index (χ0v) is 10.4. The monoisotopic (exact) mass is 240 g/mol. The maximum atomic E-state index is 9.51. The van der Waals surface area contributed by atoms with Crippen molar-refractivity contribution in [3.8, 4) is 0 Å². The standard InChI is InChI=1S/C8H17O4PS/c1-4-7-8(5-6(2)11-7)12-13(9,14)10-3/h6-8H,4-5H2,1-3H3,(H,9,14). The molecule has 1 saturated heterocycles. The van der Waals surface area contributed by atoms with Crippen molar-refractivity contribution in [2.45, 2.75) is 45.0 Å². The summed E-state index contributed by atoms with van der Waals surface area (Å²) in [5.74, 6) is 0. The van der Waals surface area contributed by atoms with Crippen LogP contribution in [-0.4, -0.2) is 30.3 Å². The highest BCUT2D eigenvalue weighted by Gasteiger charge is 2.35. The van der Waals surface area contributed by atoms with Gasteiger partial charge in [0.2, 0.25) is 0 Å². The average molecular weight is 240 g/mol. The first kappa shape index (κ1) is 12.6. The van der Waals surface area contributed by atoms with E-state index in [0.717, 1.165) is 12.8 Å². The molecule has 1 rings (SSSR count). The van der Waals surface area contributed by atoms with Crippen molar-refractivity contribution in [3.05, 3.63) is 0 Å². The van der Waals surface area contributed by atoms with E-state index in [-0.39, 0.29) is 18.3 Å². The van der Waals surface area contributed by atoms with E-state index < -0.39 is 6.72 Å². The van der Waals surface area contributed by atoms with Gasteiger partial charge in [0.1, 0.15) is 0 Å². The van der Waals surface area contributed by atoms with E-state index in [1.54, 1.807) is 0 Å². The van der Waals surface area contributed by atoms with E-state index in [4.69, 9.17) is 25.6 Å². The van der Waals surface area contributed by atoms with Gasteiger partial charge in [-0.1, -0.05) is 6.92 Å². The highest BCUT2D eigenvalue weighted by atomic mass is 32.5. The first-order chi connectivity index (χ1) is 6.48. The molecule has 0 radical (unpaired) electrons. The highest BCUT2D eigenvalue weighted by molar-refractivity contribution is 8.07. The average Bonchev–Trinajstić information content (AvgIpc) is 2.45. The maximum Gasteiger partial charge on any atom is 0.324 e. The normalized spacial score (nSPS) is 37.0. The topological polar surface area (TPSA) is 47.9 Å². The van der Waals surface area contributed by atoms with Crippen LogP contribution >= 0.6 is 6.72 Å². The molecular weight excluding hydrogens is 223 g/mol. The van der Waals surface area contributed by atoms with Crippen molar-refractivity contribution in [2.75, 3.05) is 7.11 Å². The third-order valence-electron chi connectivity index (χ3n) is 2.29. The first-order valence-electron chi connectivity index (χ1n) is 4.71. The summed E-state index contributed by atoms with van der Waals surface area (Å²) >= 11 is 4.79. The van der Waals surface area contributed by atoms with Crippen LogP contribution in [0.1, 0.15) is 26.7 Å². The van der Waals surface area contributed by atoms with Gasteiger partial charge in [0.15, 0.2) is 0 Å². The zero-order chi connectivity index (χ0) is 10.8. The molecule has 0 amide bonds. The predicted molar refractivity (Wildman–Crippen MR) is 57.6 cm³/mol. The molecule has 0 bridgehead atoms. The van der Waals surface area contributed by atoms with E-state index in [1.165, 1.54) is 7.11 Å². The van der Waals surface area contributed by atoms with E-state index >= 15 is 0 Å². The van der Waals surface area contributed by atoms with Gasteiger partial charge in [0.25, 0.3) is 0 Å². The van der Waals surface area contributed by atoms with Crippen LogP contribution in [0.2, 0.25) is 0 Å². The molecule has 1 fully saturated rings. The van der Waals surface area contributed by atoms with Gasteiger partial charge in [0.05, 0.1) is 18.3 Å². The van der Waals surface area contributed by atoms with Crippen molar-refractivity contribution in [3.63, 3.8) is 0 Å². The third kappa shape index (κ3) is 3.26. The van der Waals surface area contributed by atoms with Gasteiger partial charge in [0, 0.05) is 13.5 Å². The fourth-order valence-corrected chi connectivity index (χ4v) is 2.59. The summed E-state index contributed by atoms with van der Waals surface area (Å²) in [4.78, 5) is 9.51. The molecule has 4 nitrogen and oxygen atoms in total. The molecule has 1 N–H and O–H groups in total. The smallest absolute Gasteiger partial charge is 0.324 e. The molecule has 1 aliphatic heterocycles. The van der Waals surface area contributed by atoms with Crippen LogP contribution < -0.4 is 0 Å². The van der Waals surface area contributed by atoms with Gasteiger partial charge < -0.3 is 18.7 Å². The van der Waals surface area contributed by atoms with Crippen molar-refractivity contribution in [2.24, 2.45) is 0 Å². The summed E-state index contributed by atoms with van der Waals surface area (Å²) in [6.45, 7) is 0.960. The second-order valence-corrected chi connectivity index (χ2v) is 6.32. The lowest BCUT2D eigenvalue weighted by atomic mass is 10.1. The fourth-order valence-electron chi connectivity index (χ4n) is 1.60. The molecule has 14 heavy (non-hydrogen) atoms. The quantitative estimate of drug-likeness (QED) is 0.759. The zero-order valence-electron chi connectivity index (χ0n) is 8.67. The number of ether oxygens (including phenoxy) is 1. The van der Waals surface area contributed by atoms with Crippen LogP contribution in [0.3, 0.4) is 0 Å². The summed E-state index contributed by atoms with van der Waals surface area (Å²) < 4.78 is 15.7. The van der Waals surface area contributed by atoms with E-state index in [9.17, 15) is 4.89 Å². The van der Waals surface area contributed by atoms with Crippen LogP contribution in [0.15, 0.2) is 0 Å². The Labute approximate surface area is 89.8 Å². The van der Waals surface area contributed by atoms with Crippen molar-refractivity contribution in [1.82, 2.24) is 0 Å². The molecule has 6 heteroatoms. The molecular formula is C8H17O4PS. The highest BCUT2D eigenvalue weighted by Crippen LogP contribution is 2.46. The Hall–Kier alpha value is 0.490. The minimum atomic E-state index is -3.05. The second kappa shape index (κ2) is 5.01. The van der Waals surface area contributed by atoms with Crippen LogP contribution in [0.5, 0.6) is 0 Å². The molecule has 1 heterocycles. The van der Waals surface area contributed by atoms with Crippen LogP contribution in [0, 0.1) is 0 Å². The van der Waals surface area contributed by atoms with Gasteiger partial charge in [-0.15, -0.1) is 0 Å². The van der Waals surface area contributed by atoms with Gasteiger partial charge >= 0.3 is 6.72 Å². The number of hydrogen-bond acceptors (Lipinski definition) is 4. The Bertz CT molecular complexity index is 235. The van der Waals surface area contributed by atoms with Gasteiger partial charge in [-0.2, -0.15) is 0 Å². The van der Waals surface area contributed by atoms with Crippen LogP contribution in [0.25, 0.3) is 0 Å². The molecule has 0 aromatic heterocycles. The summed E-state index contributed by atoms with van der Waals surface area (Å²) in [7, 11) is 1.36. The van der Waals surface area contributed by atoms with E-state index in [0.29, 0.717) is 0 Å². The maximum absolute atomic E-state index is 9.51. The Kier molecular flexibility index (Phi) is 4.50. The predicted octanol–water partition coefficient (Wildman–Crippen LogP) is 1.82. The minimum Gasteiger partial charge on any atom is -0.372 e. The Morgan fingerprint density at radius 3 is 2.79 bits per heavy atom. The molecule has 1 aliphatic rings. The summed E-state index contributed by atoms with van der Waals surface area (Å²) in [6.07, 6.45) is 1.67. The number of rotatable bonds is 4. The van der Waals surface area contributed by atoms with Crippen molar-refractivity contribution < 1.29 is 18.7 Å². The summed E-state index contributed by atoms with van der Waals surface area (Å²) in [5, 5.41) is 0. The lowest BCUT2D eigenvalue weighted by Crippen LogP contribution is -2.22. The largest absolute Gasteiger partial charge is 0.372 e. The molecule has 0 spiro atoms. The number of hydrogen-bond donors (Lipinski definition) is 1. The van der Waals surface area contributed by atoms with Gasteiger partial charge in [-0.3, -0.25) is 0 Å². The molecule has 0 aromatic carbocycles. The molecule has 0 aliphatic carbocycles. The minimum absolute atomic E-state index is 0.0228. The third-order valence-corrected chi connectivity index (χ3v) is 3.99. The van der Waals surface area contributed by atoms with E-state index in [2.05, 4.69) is 0 Å². The Morgan fingerprint density at radius 2 is 2.29 bits per heavy atom. The summed E-state index contributed by atoms with van der Waals surface area (Å²) in [5.41, 5.74) is 0. The second-order valence-electron chi connectivity index (χ2n) is 3.42. The van der Waals surface area contributed by atoms with Crippen LogP contribution in [-0.2, 0) is 25.6 Å². The lowest BCUT2D eigenvalue weighted by molar-refractivity contribution is 0.0171. The molecule has 0 saturated carbocycles. The Balaban J connectivity index is 2.55. The van der Waals surface area contributed by atoms with Crippen LogP contribution in [0.4, 0.5) is 0 Å². The molecule has 84 valence electrons. The summed E-state index contributed by atoms with van der Waals surface area (Å²) in [6, 6.07) is 0. The molecule has 4 unspecified atom stereocenters. The van der Waals surface area contributed by atoms with Gasteiger partial charge in [-0.25, -0.2) is 0 Å². The SMILES string of the molecule is CCC1OC(C)CC1OP(O)(=S)OC. The lowest BCUT2D eigenvalue weighted by Gasteiger charge is -2.21. The fraction of sp³-hybridized carbons (Fsp3) is 1.00. The first-order valence-corrected chi connectivity index (χ1v) is 7.30. The molecule has 0 aromatic rings. The molecule has 4 atom stereocenters. The van der Waals surface area contributed by atoms with Gasteiger partial charge in [-0.05, 0) is 25.2 Å². The Morgan fingerprint density at radius 1 is 1.64 bits per heavy atom.